The molecule has 198 valence electrons. The van der Waals surface area contributed by atoms with Crippen molar-refractivity contribution in [1.82, 2.24) is 14.7 Å². The second-order valence-corrected chi connectivity index (χ2v) is 9.60. The van der Waals surface area contributed by atoms with E-state index in [1.807, 2.05) is 30.3 Å². The predicted molar refractivity (Wildman–Crippen MR) is 138 cm³/mol. The quantitative estimate of drug-likeness (QED) is 0.588. The van der Waals surface area contributed by atoms with Gasteiger partial charge in [-0.15, -0.1) is 0 Å². The summed E-state index contributed by atoms with van der Waals surface area (Å²) in [6.07, 6.45) is 1.18. The van der Waals surface area contributed by atoms with Crippen molar-refractivity contribution < 1.29 is 28.7 Å². The van der Waals surface area contributed by atoms with Crippen molar-refractivity contribution in [3.8, 4) is 0 Å². The fourth-order valence-electron chi connectivity index (χ4n) is 5.32. The van der Waals surface area contributed by atoms with Gasteiger partial charge in [-0.25, -0.2) is 9.59 Å². The van der Waals surface area contributed by atoms with Crippen LogP contribution in [-0.4, -0.2) is 83.1 Å². The van der Waals surface area contributed by atoms with E-state index in [1.165, 1.54) is 0 Å². The van der Waals surface area contributed by atoms with E-state index in [0.717, 1.165) is 11.6 Å². The van der Waals surface area contributed by atoms with Gasteiger partial charge < -0.3 is 24.6 Å². The average Bonchev–Trinajstić information content (AvgIpc) is 3.49. The highest BCUT2D eigenvalue weighted by Crippen LogP contribution is 2.33. The topological polar surface area (TPSA) is 108 Å². The van der Waals surface area contributed by atoms with E-state index in [-0.39, 0.29) is 43.3 Å². The van der Waals surface area contributed by atoms with Crippen LogP contribution in [-0.2, 0) is 20.9 Å². The second-order valence-electron chi connectivity index (χ2n) is 9.60. The molecule has 0 aromatic heterocycles. The van der Waals surface area contributed by atoms with Gasteiger partial charge >= 0.3 is 12.2 Å². The normalized spacial score (nSPS) is 21.1. The number of ether oxygens (including phenoxy) is 2. The number of nitrogens with one attached hydrogen (secondary N) is 1. The standard InChI is InChI=1S/C28H30N4O6/c1-2-25(33)29-22-11-7-6-10-21(22)26(34)31-16-23-24(17-31)38-28(36)32(23)20-12-14-30(15-13-20)27(35)37-18-19-8-4-3-5-9-19/h2-11,20,23-24H,1,12-18H2,(H,29,33)/t23-,24+/m1/s1. The Morgan fingerprint density at radius 3 is 2.45 bits per heavy atom. The van der Waals surface area contributed by atoms with Crippen LogP contribution >= 0.6 is 0 Å². The van der Waals surface area contributed by atoms with E-state index < -0.39 is 12.0 Å². The van der Waals surface area contributed by atoms with Gasteiger partial charge in [0.2, 0.25) is 5.91 Å². The molecule has 3 aliphatic rings. The molecule has 0 bridgehead atoms. The molecule has 0 aliphatic carbocycles. The first-order valence-electron chi connectivity index (χ1n) is 12.7. The van der Waals surface area contributed by atoms with E-state index >= 15 is 0 Å². The highest BCUT2D eigenvalue weighted by Gasteiger charge is 2.51. The fraction of sp³-hybridized carbons (Fsp3) is 0.357. The molecule has 2 aromatic carbocycles. The number of likely N-dealkylation sites (tertiary alicyclic amines) is 2. The highest BCUT2D eigenvalue weighted by molar-refractivity contribution is 6.06. The van der Waals surface area contributed by atoms with Crippen LogP contribution in [0, 0.1) is 0 Å². The van der Waals surface area contributed by atoms with Crippen molar-refractivity contribution in [2.24, 2.45) is 0 Å². The lowest BCUT2D eigenvalue weighted by Gasteiger charge is -2.37. The maximum absolute atomic E-state index is 13.3. The Labute approximate surface area is 220 Å². The Bertz CT molecular complexity index is 1230. The number of fused-ring (bicyclic) bond motifs is 1. The number of amides is 4. The van der Waals surface area contributed by atoms with Gasteiger partial charge in [-0.1, -0.05) is 49.0 Å². The molecule has 10 heteroatoms. The SMILES string of the molecule is C=CC(=O)Nc1ccccc1C(=O)N1C[C@@H]2OC(=O)N(C3CCN(C(=O)OCc4ccccc4)CC3)[C@@H]2C1. The molecule has 0 saturated carbocycles. The lowest BCUT2D eigenvalue weighted by Crippen LogP contribution is -2.51. The van der Waals surface area contributed by atoms with E-state index in [9.17, 15) is 19.2 Å². The zero-order valence-electron chi connectivity index (χ0n) is 21.0. The van der Waals surface area contributed by atoms with Crippen molar-refractivity contribution in [3.05, 3.63) is 78.4 Å². The first kappa shape index (κ1) is 25.3. The van der Waals surface area contributed by atoms with Crippen molar-refractivity contribution >= 4 is 29.7 Å². The average molecular weight is 519 g/mol. The number of benzene rings is 2. The van der Waals surface area contributed by atoms with Crippen LogP contribution in [0.15, 0.2) is 67.3 Å². The molecular formula is C28H30N4O6. The van der Waals surface area contributed by atoms with Gasteiger partial charge in [-0.05, 0) is 36.6 Å². The molecular weight excluding hydrogens is 488 g/mol. The minimum atomic E-state index is -0.421. The molecule has 38 heavy (non-hydrogen) atoms. The number of hydrogen-bond donors (Lipinski definition) is 1. The molecule has 4 amide bonds. The summed E-state index contributed by atoms with van der Waals surface area (Å²) >= 11 is 0. The largest absolute Gasteiger partial charge is 0.445 e. The second kappa shape index (κ2) is 11.0. The molecule has 5 rings (SSSR count). The van der Waals surface area contributed by atoms with Crippen LogP contribution < -0.4 is 5.32 Å². The van der Waals surface area contributed by atoms with Crippen LogP contribution in [0.2, 0.25) is 0 Å². The molecule has 2 aromatic rings. The molecule has 0 radical (unpaired) electrons. The summed E-state index contributed by atoms with van der Waals surface area (Å²) in [5.74, 6) is -0.648. The molecule has 0 spiro atoms. The summed E-state index contributed by atoms with van der Waals surface area (Å²) in [5.41, 5.74) is 1.69. The third-order valence-electron chi connectivity index (χ3n) is 7.27. The monoisotopic (exact) mass is 518 g/mol. The van der Waals surface area contributed by atoms with Crippen LogP contribution in [0.3, 0.4) is 0 Å². The van der Waals surface area contributed by atoms with Gasteiger partial charge in [0, 0.05) is 25.7 Å². The van der Waals surface area contributed by atoms with Gasteiger partial charge in [-0.2, -0.15) is 0 Å². The Morgan fingerprint density at radius 1 is 1.00 bits per heavy atom. The Morgan fingerprint density at radius 2 is 1.71 bits per heavy atom. The Kier molecular flexibility index (Phi) is 7.30. The van der Waals surface area contributed by atoms with Gasteiger partial charge in [0.15, 0.2) is 0 Å². The summed E-state index contributed by atoms with van der Waals surface area (Å²) in [5, 5.41) is 2.67. The predicted octanol–water partition coefficient (Wildman–Crippen LogP) is 3.26. The van der Waals surface area contributed by atoms with Crippen LogP contribution in [0.5, 0.6) is 0 Å². The summed E-state index contributed by atoms with van der Waals surface area (Å²) in [7, 11) is 0. The summed E-state index contributed by atoms with van der Waals surface area (Å²) < 4.78 is 11.1. The Hall–Kier alpha value is -4.34. The molecule has 10 nitrogen and oxygen atoms in total. The number of para-hydroxylation sites is 1. The lowest BCUT2D eigenvalue weighted by atomic mass is 10.0. The molecule has 0 unspecified atom stereocenters. The van der Waals surface area contributed by atoms with E-state index in [2.05, 4.69) is 11.9 Å². The van der Waals surface area contributed by atoms with Crippen LogP contribution in [0.25, 0.3) is 0 Å². The smallest absolute Gasteiger partial charge is 0.410 e. The number of hydrogen-bond acceptors (Lipinski definition) is 6. The van der Waals surface area contributed by atoms with Crippen molar-refractivity contribution in [2.75, 3.05) is 31.5 Å². The zero-order valence-corrected chi connectivity index (χ0v) is 21.0. The Balaban J connectivity index is 1.18. The molecule has 2 atom stereocenters. The number of carbonyl (C=O) groups is 4. The highest BCUT2D eigenvalue weighted by atomic mass is 16.6. The molecule has 1 N–H and O–H groups in total. The zero-order chi connectivity index (χ0) is 26.6. The van der Waals surface area contributed by atoms with Gasteiger partial charge in [0.1, 0.15) is 12.7 Å². The molecule has 3 saturated heterocycles. The van der Waals surface area contributed by atoms with Crippen molar-refractivity contribution in [1.29, 1.82) is 0 Å². The molecule has 3 heterocycles. The van der Waals surface area contributed by atoms with Crippen LogP contribution in [0.1, 0.15) is 28.8 Å². The van der Waals surface area contributed by atoms with Crippen molar-refractivity contribution in [2.45, 2.75) is 37.6 Å². The maximum Gasteiger partial charge on any atom is 0.410 e. The van der Waals surface area contributed by atoms with Gasteiger partial charge in [0.25, 0.3) is 5.91 Å². The first-order chi connectivity index (χ1) is 18.4. The third-order valence-corrected chi connectivity index (χ3v) is 7.27. The number of carbonyl (C=O) groups excluding carboxylic acids is 4. The summed E-state index contributed by atoms with van der Waals surface area (Å²) in [6, 6.07) is 15.9. The summed E-state index contributed by atoms with van der Waals surface area (Å²) in [6.45, 7) is 5.22. The minimum absolute atomic E-state index is 0.0927. The maximum atomic E-state index is 13.3. The lowest BCUT2D eigenvalue weighted by molar-refractivity contribution is -0.111. The number of rotatable bonds is 6. The summed E-state index contributed by atoms with van der Waals surface area (Å²) in [4.78, 5) is 55.5. The van der Waals surface area contributed by atoms with E-state index in [4.69, 9.17) is 9.47 Å². The van der Waals surface area contributed by atoms with Crippen LogP contribution in [0.4, 0.5) is 15.3 Å². The van der Waals surface area contributed by atoms with Gasteiger partial charge in [0.05, 0.1) is 23.8 Å². The molecule has 3 aliphatic heterocycles. The fourth-order valence-corrected chi connectivity index (χ4v) is 5.32. The van der Waals surface area contributed by atoms with E-state index in [0.29, 0.717) is 43.7 Å². The van der Waals surface area contributed by atoms with Gasteiger partial charge in [-0.3, -0.25) is 14.5 Å². The van der Waals surface area contributed by atoms with Crippen molar-refractivity contribution in [3.63, 3.8) is 0 Å². The van der Waals surface area contributed by atoms with E-state index in [1.54, 1.807) is 39.0 Å². The number of nitrogens with zero attached hydrogens (tertiary/aromatic N) is 3. The first-order valence-corrected chi connectivity index (χ1v) is 12.7. The number of piperidine rings is 1. The third kappa shape index (κ3) is 5.20. The number of anilines is 1. The minimum Gasteiger partial charge on any atom is -0.445 e. The molecule has 3 fully saturated rings.